The van der Waals surface area contributed by atoms with Gasteiger partial charge in [-0.15, -0.1) is 0 Å². The molecular weight excluding hydrogens is 473 g/mol. The number of hydrogen-bond acceptors (Lipinski definition) is 7. The molecule has 0 bridgehead atoms. The number of nitrogens with zero attached hydrogens (tertiary/aromatic N) is 5. The van der Waals surface area contributed by atoms with Gasteiger partial charge in [0, 0.05) is 17.9 Å². The van der Waals surface area contributed by atoms with E-state index >= 15 is 0 Å². The van der Waals surface area contributed by atoms with E-state index in [9.17, 15) is 4.79 Å². The summed E-state index contributed by atoms with van der Waals surface area (Å²) >= 11 is 12.6. The van der Waals surface area contributed by atoms with Gasteiger partial charge in [0.15, 0.2) is 5.65 Å². The SMILES string of the molecule is CN(C)C1CCc2cc(Nc3ncc4c(N)n(-c5c(Cl)cccc5Cl)c(=O)nc4n3)ccc2C1. The maximum atomic E-state index is 12.8. The molecule has 1 aliphatic rings. The van der Waals surface area contributed by atoms with E-state index in [-0.39, 0.29) is 27.2 Å². The molecule has 0 amide bonds. The summed E-state index contributed by atoms with van der Waals surface area (Å²) < 4.78 is 1.17. The summed E-state index contributed by atoms with van der Waals surface area (Å²) in [6.07, 6.45) is 4.73. The molecule has 5 rings (SSSR count). The molecule has 2 heterocycles. The van der Waals surface area contributed by atoms with Gasteiger partial charge in [-0.3, -0.25) is 0 Å². The van der Waals surface area contributed by atoms with Gasteiger partial charge in [0.1, 0.15) is 5.82 Å². The maximum Gasteiger partial charge on any atom is 0.355 e. The van der Waals surface area contributed by atoms with Crippen molar-refractivity contribution in [2.75, 3.05) is 25.1 Å². The Morgan fingerprint density at radius 2 is 1.88 bits per heavy atom. The number of aryl methyl sites for hydroxylation is 1. The molecular formula is C24H23Cl2N7O. The van der Waals surface area contributed by atoms with Crippen molar-refractivity contribution in [3.8, 4) is 5.69 Å². The van der Waals surface area contributed by atoms with Crippen LogP contribution >= 0.6 is 23.2 Å². The number of likely N-dealkylation sites (N-methyl/N-ethyl adjacent to an activating group) is 1. The fourth-order valence-electron chi connectivity index (χ4n) is 4.37. The highest BCUT2D eigenvalue weighted by molar-refractivity contribution is 6.37. The van der Waals surface area contributed by atoms with Crippen molar-refractivity contribution in [3.63, 3.8) is 0 Å². The van der Waals surface area contributed by atoms with Crippen LogP contribution in [0.4, 0.5) is 17.5 Å². The highest BCUT2D eigenvalue weighted by Crippen LogP contribution is 2.31. The standard InChI is InChI=1S/C24H23Cl2N7O/c1-32(2)16-9-7-13-10-15(8-6-14(13)11-16)29-23-28-12-17-21(27)33(24(34)31-22(17)30-23)20-18(25)4-3-5-19(20)26/h3-6,8,10,12,16H,7,9,11,27H2,1-2H3,(H,29,30,31,34). The van der Waals surface area contributed by atoms with Crippen LogP contribution < -0.4 is 16.7 Å². The largest absolute Gasteiger partial charge is 0.384 e. The molecule has 1 atom stereocenters. The van der Waals surface area contributed by atoms with Gasteiger partial charge in [0.25, 0.3) is 0 Å². The number of aromatic nitrogens is 4. The van der Waals surface area contributed by atoms with E-state index < -0.39 is 5.69 Å². The molecule has 0 spiro atoms. The Morgan fingerprint density at radius 1 is 1.12 bits per heavy atom. The average Bonchev–Trinajstić information content (AvgIpc) is 2.80. The van der Waals surface area contributed by atoms with E-state index in [0.29, 0.717) is 17.4 Å². The Morgan fingerprint density at radius 3 is 2.62 bits per heavy atom. The van der Waals surface area contributed by atoms with Gasteiger partial charge in [-0.25, -0.2) is 14.3 Å². The van der Waals surface area contributed by atoms with Gasteiger partial charge in [0.05, 0.1) is 21.1 Å². The van der Waals surface area contributed by atoms with Crippen molar-refractivity contribution in [1.29, 1.82) is 0 Å². The number of benzene rings is 2. The first kappa shape index (κ1) is 22.6. The third-order valence-electron chi connectivity index (χ3n) is 6.23. The molecule has 2 aromatic heterocycles. The van der Waals surface area contributed by atoms with Crippen LogP contribution in [0.2, 0.25) is 10.0 Å². The van der Waals surface area contributed by atoms with Crippen LogP contribution in [0.5, 0.6) is 0 Å². The number of nitrogen functional groups attached to an aromatic ring is 1. The van der Waals surface area contributed by atoms with Crippen molar-refractivity contribution in [3.05, 3.63) is 74.3 Å². The van der Waals surface area contributed by atoms with Crippen molar-refractivity contribution in [2.45, 2.75) is 25.3 Å². The summed E-state index contributed by atoms with van der Waals surface area (Å²) in [6.45, 7) is 0. The Balaban J connectivity index is 1.47. The number of rotatable bonds is 4. The van der Waals surface area contributed by atoms with E-state index in [1.807, 2.05) is 6.07 Å². The summed E-state index contributed by atoms with van der Waals surface area (Å²) in [7, 11) is 4.25. The van der Waals surface area contributed by atoms with Crippen LogP contribution in [0.25, 0.3) is 16.7 Å². The first-order valence-electron chi connectivity index (χ1n) is 10.9. The number of nitrogens with two attached hydrogens (primary N) is 1. The second kappa shape index (κ2) is 8.87. The van der Waals surface area contributed by atoms with Crippen LogP contribution in [0.1, 0.15) is 17.5 Å². The van der Waals surface area contributed by atoms with Gasteiger partial charge >= 0.3 is 5.69 Å². The quantitative estimate of drug-likeness (QED) is 0.436. The predicted octanol–water partition coefficient (Wildman–Crippen LogP) is 4.23. The molecule has 174 valence electrons. The van der Waals surface area contributed by atoms with Crippen molar-refractivity contribution in [1.82, 2.24) is 24.4 Å². The molecule has 0 saturated carbocycles. The highest BCUT2D eigenvalue weighted by atomic mass is 35.5. The Labute approximate surface area is 206 Å². The highest BCUT2D eigenvalue weighted by Gasteiger charge is 2.21. The Hall–Kier alpha value is -3.20. The number of halogens is 2. The van der Waals surface area contributed by atoms with Crippen molar-refractivity contribution < 1.29 is 0 Å². The summed E-state index contributed by atoms with van der Waals surface area (Å²) in [5, 5.41) is 4.20. The topological polar surface area (TPSA) is 102 Å². The molecule has 1 aliphatic carbocycles. The van der Waals surface area contributed by atoms with E-state index in [2.05, 4.69) is 51.4 Å². The minimum Gasteiger partial charge on any atom is -0.384 e. The van der Waals surface area contributed by atoms with Gasteiger partial charge < -0.3 is 16.0 Å². The van der Waals surface area contributed by atoms with E-state index in [1.165, 1.54) is 21.9 Å². The number of anilines is 3. The first-order valence-corrected chi connectivity index (χ1v) is 11.6. The second-order valence-electron chi connectivity index (χ2n) is 8.58. The molecule has 0 aliphatic heterocycles. The molecule has 4 aromatic rings. The van der Waals surface area contributed by atoms with Gasteiger partial charge in [-0.05, 0) is 68.8 Å². The van der Waals surface area contributed by atoms with E-state index in [1.54, 1.807) is 18.2 Å². The lowest BCUT2D eigenvalue weighted by Gasteiger charge is -2.30. The molecule has 0 radical (unpaired) electrons. The fraction of sp³-hybridized carbons (Fsp3) is 0.250. The van der Waals surface area contributed by atoms with Gasteiger partial charge in [0.2, 0.25) is 5.95 Å². The minimum absolute atomic E-state index is 0.112. The predicted molar refractivity (Wildman–Crippen MR) is 137 cm³/mol. The number of para-hydroxylation sites is 1. The number of fused-ring (bicyclic) bond motifs is 2. The molecule has 1 unspecified atom stereocenters. The minimum atomic E-state index is -0.631. The second-order valence-corrected chi connectivity index (χ2v) is 9.40. The van der Waals surface area contributed by atoms with E-state index in [4.69, 9.17) is 28.9 Å². The third kappa shape index (κ3) is 4.09. The third-order valence-corrected chi connectivity index (χ3v) is 6.84. The zero-order valence-corrected chi connectivity index (χ0v) is 20.2. The Kier molecular flexibility index (Phi) is 5.89. The van der Waals surface area contributed by atoms with E-state index in [0.717, 1.165) is 24.9 Å². The van der Waals surface area contributed by atoms with Crippen LogP contribution in [-0.4, -0.2) is 44.6 Å². The van der Waals surface area contributed by atoms with Crippen molar-refractivity contribution in [2.24, 2.45) is 0 Å². The summed E-state index contributed by atoms with van der Waals surface area (Å²) in [5.41, 5.74) is 9.70. The van der Waals surface area contributed by atoms with Crippen LogP contribution in [0, 0.1) is 0 Å². The monoisotopic (exact) mass is 495 g/mol. The van der Waals surface area contributed by atoms with Gasteiger partial charge in [-0.2, -0.15) is 9.97 Å². The fourth-order valence-corrected chi connectivity index (χ4v) is 4.93. The van der Waals surface area contributed by atoms with Crippen LogP contribution in [-0.2, 0) is 12.8 Å². The van der Waals surface area contributed by atoms with Crippen molar-refractivity contribution >= 4 is 51.7 Å². The van der Waals surface area contributed by atoms with Crippen LogP contribution in [0.15, 0.2) is 47.4 Å². The summed E-state index contributed by atoms with van der Waals surface area (Å²) in [6, 6.07) is 11.8. The molecule has 0 fully saturated rings. The normalized spacial score (nSPS) is 15.5. The lowest BCUT2D eigenvalue weighted by molar-refractivity contribution is 0.268. The average molecular weight is 496 g/mol. The Bertz CT molecular complexity index is 1450. The number of hydrogen-bond donors (Lipinski definition) is 2. The van der Waals surface area contributed by atoms with Gasteiger partial charge in [-0.1, -0.05) is 35.3 Å². The maximum absolute atomic E-state index is 12.8. The molecule has 0 saturated heterocycles. The molecule has 8 nitrogen and oxygen atoms in total. The first-order chi connectivity index (χ1) is 16.3. The smallest absolute Gasteiger partial charge is 0.355 e. The summed E-state index contributed by atoms with van der Waals surface area (Å²) in [4.78, 5) is 28.0. The molecule has 2 aromatic carbocycles. The molecule has 3 N–H and O–H groups in total. The lowest BCUT2D eigenvalue weighted by atomic mass is 9.87. The van der Waals surface area contributed by atoms with Crippen LogP contribution in [0.3, 0.4) is 0 Å². The zero-order valence-electron chi connectivity index (χ0n) is 18.7. The zero-order chi connectivity index (χ0) is 24.0. The molecule has 10 heteroatoms. The molecule has 34 heavy (non-hydrogen) atoms. The summed E-state index contributed by atoms with van der Waals surface area (Å²) in [5.74, 6) is 0.440. The lowest BCUT2D eigenvalue weighted by Crippen LogP contribution is -2.33. The number of nitrogens with one attached hydrogen (secondary N) is 1.